The first-order chi connectivity index (χ1) is 25.8. The van der Waals surface area contributed by atoms with E-state index in [0.29, 0.717) is 12.2 Å². The van der Waals surface area contributed by atoms with Crippen molar-refractivity contribution in [3.8, 4) is 28.7 Å². The molecule has 0 spiro atoms. The lowest BCUT2D eigenvalue weighted by atomic mass is 9.65. The molecule has 4 aliphatic rings. The van der Waals surface area contributed by atoms with Gasteiger partial charge in [-0.2, -0.15) is 0 Å². The second-order valence-electron chi connectivity index (χ2n) is 14.9. The number of allylic oxidation sites excluding steroid dienone is 1. The van der Waals surface area contributed by atoms with Gasteiger partial charge in [-0.25, -0.2) is 0 Å². The van der Waals surface area contributed by atoms with Crippen molar-refractivity contribution in [1.29, 1.82) is 0 Å². The smallest absolute Gasteiger partial charge is 0.200 e. The molecule has 4 aromatic carbocycles. The average molecular weight is 719 g/mol. The molecular formula is C44H50N2O7. The van der Waals surface area contributed by atoms with Crippen molar-refractivity contribution in [2.45, 2.75) is 81.5 Å². The number of piperidine rings is 1. The molecule has 1 fully saturated rings. The molecule has 8 rings (SSSR count). The summed E-state index contributed by atoms with van der Waals surface area (Å²) >= 11 is 0. The molecule has 3 aliphatic carbocycles. The van der Waals surface area contributed by atoms with Gasteiger partial charge in [0.05, 0.1) is 6.10 Å². The lowest BCUT2D eigenvalue weighted by Crippen LogP contribution is -2.43. The molecule has 1 aliphatic heterocycles. The summed E-state index contributed by atoms with van der Waals surface area (Å²) in [5.74, 6) is -0.614. The van der Waals surface area contributed by atoms with Crippen LogP contribution in [-0.2, 0) is 24.1 Å². The largest absolute Gasteiger partial charge is 0.504 e. The highest BCUT2D eigenvalue weighted by Gasteiger charge is 2.45. The molecule has 0 amide bonds. The molecule has 53 heavy (non-hydrogen) atoms. The fourth-order valence-corrected chi connectivity index (χ4v) is 8.83. The Morgan fingerprint density at radius 3 is 2.34 bits per heavy atom. The van der Waals surface area contributed by atoms with Crippen LogP contribution in [0.15, 0.2) is 97.1 Å². The van der Waals surface area contributed by atoms with E-state index in [9.17, 15) is 25.2 Å². The quantitative estimate of drug-likeness (QED) is 0.0493. The van der Waals surface area contributed by atoms with Gasteiger partial charge in [0.2, 0.25) is 5.75 Å². The fraction of sp³-hybridized carbons (Fsp3) is 0.386. The van der Waals surface area contributed by atoms with Gasteiger partial charge in [-0.05, 0) is 97.4 Å². The van der Waals surface area contributed by atoms with Crippen LogP contribution in [0.5, 0.6) is 28.7 Å². The number of Topliss-reactive ketones (excluding diaryl/α,β-unsaturated/α-hetero) is 1. The van der Waals surface area contributed by atoms with Crippen molar-refractivity contribution in [1.82, 2.24) is 5.32 Å². The van der Waals surface area contributed by atoms with Crippen LogP contribution in [0.4, 0.5) is 0 Å². The fourth-order valence-electron chi connectivity index (χ4n) is 8.83. The number of benzene rings is 4. The van der Waals surface area contributed by atoms with Crippen molar-refractivity contribution in [2.24, 2.45) is 17.6 Å². The van der Waals surface area contributed by atoms with Gasteiger partial charge >= 0.3 is 0 Å². The van der Waals surface area contributed by atoms with Crippen LogP contribution in [0, 0.1) is 11.8 Å². The Morgan fingerprint density at radius 1 is 0.868 bits per heavy atom. The van der Waals surface area contributed by atoms with Gasteiger partial charge in [0.25, 0.3) is 0 Å². The van der Waals surface area contributed by atoms with Crippen LogP contribution >= 0.6 is 0 Å². The van der Waals surface area contributed by atoms with Crippen molar-refractivity contribution in [3.05, 3.63) is 125 Å². The van der Waals surface area contributed by atoms with Crippen LogP contribution in [-0.4, -0.2) is 57.7 Å². The average Bonchev–Trinajstić information content (AvgIpc) is 3.43. The molecule has 278 valence electrons. The monoisotopic (exact) mass is 718 g/mol. The maximum atomic E-state index is 13.4. The third-order valence-electron chi connectivity index (χ3n) is 11.3. The number of phenolic OH excluding ortho intramolecular Hbond substituents is 3. The summed E-state index contributed by atoms with van der Waals surface area (Å²) in [5, 5.41) is 48.1. The summed E-state index contributed by atoms with van der Waals surface area (Å²) in [4.78, 5) is 13.4. The number of nitrogens with one attached hydrogen (secondary N) is 1. The van der Waals surface area contributed by atoms with Crippen LogP contribution in [0.2, 0.25) is 0 Å². The molecule has 9 nitrogen and oxygen atoms in total. The summed E-state index contributed by atoms with van der Waals surface area (Å²) in [6.45, 7) is 0.707. The van der Waals surface area contributed by atoms with Crippen LogP contribution < -0.4 is 20.5 Å². The molecular weight excluding hydrogens is 668 g/mol. The number of aliphatic hydroxyl groups is 1. The molecule has 0 radical (unpaired) electrons. The summed E-state index contributed by atoms with van der Waals surface area (Å²) in [6, 6.07) is 27.5. The Morgan fingerprint density at radius 2 is 1.60 bits per heavy atom. The van der Waals surface area contributed by atoms with Crippen LogP contribution in [0.25, 0.3) is 0 Å². The number of nitrogens with two attached hydrogens (primary N) is 1. The van der Waals surface area contributed by atoms with Crippen LogP contribution in [0.1, 0.15) is 71.8 Å². The Hall–Kier alpha value is -4.83. The number of aliphatic hydroxyl groups excluding tert-OH is 1. The van der Waals surface area contributed by atoms with Gasteiger partial charge in [0, 0.05) is 36.3 Å². The van der Waals surface area contributed by atoms with E-state index in [-0.39, 0.29) is 78.3 Å². The van der Waals surface area contributed by atoms with E-state index >= 15 is 0 Å². The van der Waals surface area contributed by atoms with Gasteiger partial charge in [-0.3, -0.25) is 10.5 Å². The standard InChI is InChI=1S/C44H50N2O7/c45-26-52-40-21-29(12-16-37(40)48)11-14-33(47)24-38(49)35-15-13-30-22-31(19-27-7-3-1-4-8-27)41(35)36-25-39(50)43(51)44(42(30)36)53-34-17-18-46-32(23-34)20-28-9-5-2-6-10-28/h1-10,12-13,15-16,21,25,30-32,34-35,38,41,46,48-51H,11,14,17-20,22-24,26,45H2. The Kier molecular flexibility index (Phi) is 11.3. The number of carbonyl (C=O) groups is 1. The number of hydrogen-bond acceptors (Lipinski definition) is 9. The summed E-state index contributed by atoms with van der Waals surface area (Å²) in [7, 11) is 0. The normalized spacial score (nSPS) is 23.9. The second kappa shape index (κ2) is 16.5. The Labute approximate surface area is 311 Å². The minimum Gasteiger partial charge on any atom is -0.504 e. The topological polar surface area (TPSA) is 154 Å². The van der Waals surface area contributed by atoms with Gasteiger partial charge in [0.1, 0.15) is 18.6 Å². The molecule has 0 aromatic heterocycles. The third kappa shape index (κ3) is 8.38. The van der Waals surface area contributed by atoms with E-state index in [1.807, 2.05) is 42.5 Å². The predicted octanol–water partition coefficient (Wildman–Crippen LogP) is 6.41. The number of ether oxygens (including phenoxy) is 2. The number of hydrogen-bond donors (Lipinski definition) is 6. The first-order valence-corrected chi connectivity index (χ1v) is 18.9. The molecule has 7 unspecified atom stereocenters. The van der Waals surface area contributed by atoms with Crippen molar-refractivity contribution < 1.29 is 34.7 Å². The lowest BCUT2D eigenvalue weighted by molar-refractivity contribution is -0.121. The van der Waals surface area contributed by atoms with Crippen molar-refractivity contribution in [2.75, 3.05) is 13.3 Å². The molecule has 7 atom stereocenters. The van der Waals surface area contributed by atoms with E-state index in [4.69, 9.17) is 15.2 Å². The summed E-state index contributed by atoms with van der Waals surface area (Å²) in [6.07, 6.45) is 7.59. The number of aromatic hydroxyl groups is 3. The Bertz CT molecular complexity index is 1900. The zero-order valence-corrected chi connectivity index (χ0v) is 29.9. The highest BCUT2D eigenvalue weighted by atomic mass is 16.5. The highest BCUT2D eigenvalue weighted by molar-refractivity contribution is 5.79. The zero-order chi connectivity index (χ0) is 36.9. The number of rotatable bonds is 14. The van der Waals surface area contributed by atoms with Gasteiger partial charge in [0.15, 0.2) is 23.0 Å². The maximum Gasteiger partial charge on any atom is 0.200 e. The summed E-state index contributed by atoms with van der Waals surface area (Å²) in [5.41, 5.74) is 10.5. The first kappa shape index (κ1) is 36.5. The molecule has 9 heteroatoms. The van der Waals surface area contributed by atoms with Gasteiger partial charge < -0.3 is 35.2 Å². The molecule has 0 saturated carbocycles. The first-order valence-electron chi connectivity index (χ1n) is 18.9. The van der Waals surface area contributed by atoms with E-state index < -0.39 is 12.0 Å². The number of ketones is 1. The third-order valence-corrected chi connectivity index (χ3v) is 11.3. The SMILES string of the molecule is NCOc1cc(CCC(=O)CC(O)C2C=CC3CC(Cc4ccccc4)C2c2cc(O)c(O)c(OC4CCNC(Cc5ccccc5)C4)c23)ccc1O. The second-order valence-corrected chi connectivity index (χ2v) is 14.9. The van der Waals surface area contributed by atoms with E-state index in [0.717, 1.165) is 55.3 Å². The number of carbonyl (C=O) groups excluding carboxylic acids is 1. The number of aryl methyl sites for hydroxylation is 1. The highest BCUT2D eigenvalue weighted by Crippen LogP contribution is 2.58. The predicted molar refractivity (Wildman–Crippen MR) is 203 cm³/mol. The molecule has 4 aromatic rings. The van der Waals surface area contributed by atoms with E-state index in [1.54, 1.807) is 18.2 Å². The molecule has 2 bridgehead atoms. The molecule has 1 saturated heterocycles. The van der Waals surface area contributed by atoms with Gasteiger partial charge in [-0.15, -0.1) is 0 Å². The maximum absolute atomic E-state index is 13.4. The van der Waals surface area contributed by atoms with Crippen LogP contribution in [0.3, 0.4) is 0 Å². The zero-order valence-electron chi connectivity index (χ0n) is 29.9. The molecule has 7 N–H and O–H groups in total. The summed E-state index contributed by atoms with van der Waals surface area (Å²) < 4.78 is 12.0. The minimum absolute atomic E-state index is 0.0165. The lowest BCUT2D eigenvalue weighted by Gasteiger charge is -2.41. The van der Waals surface area contributed by atoms with E-state index in [1.165, 1.54) is 17.2 Å². The minimum atomic E-state index is -0.967. The number of phenols is 3. The van der Waals surface area contributed by atoms with Crippen molar-refractivity contribution >= 4 is 5.78 Å². The van der Waals surface area contributed by atoms with E-state index in [2.05, 4.69) is 35.7 Å². The van der Waals surface area contributed by atoms with Crippen molar-refractivity contribution in [3.63, 3.8) is 0 Å². The molecule has 1 heterocycles. The Balaban J connectivity index is 1.14. The number of fused-ring (bicyclic) bond motifs is 2. The van der Waals surface area contributed by atoms with Gasteiger partial charge in [-0.1, -0.05) is 78.9 Å².